The summed E-state index contributed by atoms with van der Waals surface area (Å²) in [6.45, 7) is 1.37. The zero-order chi connectivity index (χ0) is 30.8. The molecule has 5 N–H and O–H groups in total. The van der Waals surface area contributed by atoms with Crippen molar-refractivity contribution in [1.29, 1.82) is 0 Å². The largest absolute Gasteiger partial charge is 0.507 e. The normalized spacial score (nSPS) is 29.7. The molecule has 6 atom stereocenters. The molecule has 4 aliphatic rings. The number of carbonyl (C=O) groups is 3. The third-order valence-corrected chi connectivity index (χ3v) is 9.01. The number of nitrogens with zero attached hydrogens (tertiary/aromatic N) is 1. The van der Waals surface area contributed by atoms with Crippen molar-refractivity contribution in [1.82, 2.24) is 4.90 Å². The van der Waals surface area contributed by atoms with Crippen LogP contribution in [0.4, 0.5) is 0 Å². The number of methoxy groups -OCH3 is 1. The molecule has 5 unspecified atom stereocenters. The maximum Gasteiger partial charge on any atom is 0.202 e. The number of ether oxygens (including phenoxy) is 3. The molecule has 6 rings (SSSR count). The first-order valence-electron chi connectivity index (χ1n) is 14.2. The highest BCUT2D eigenvalue weighted by molar-refractivity contribution is 6.31. The number of aromatic hydroxyl groups is 2. The number of rotatable bonds is 6. The molecule has 0 saturated carbocycles. The molecular formula is C31H33NO11. The quantitative estimate of drug-likeness (QED) is 0.258. The number of ketones is 3. The number of carbonyl (C=O) groups excluding carboxylic acids is 3. The van der Waals surface area contributed by atoms with Crippen molar-refractivity contribution in [2.75, 3.05) is 20.3 Å². The smallest absolute Gasteiger partial charge is 0.202 e. The van der Waals surface area contributed by atoms with E-state index in [-0.39, 0.29) is 40.5 Å². The topological polar surface area (TPSA) is 183 Å². The maximum absolute atomic E-state index is 13.8. The molecule has 0 amide bonds. The van der Waals surface area contributed by atoms with E-state index < -0.39 is 89.6 Å². The number of fused-ring (bicyclic) bond motifs is 3. The molecule has 1 fully saturated rings. The number of aliphatic hydroxyl groups is 3. The number of Topliss-reactive ketones (excluding diaryl/α,β-unsaturated/α-hetero) is 1. The van der Waals surface area contributed by atoms with Gasteiger partial charge in [0.15, 0.2) is 17.9 Å². The molecule has 12 heteroatoms. The molecule has 0 bridgehead atoms. The van der Waals surface area contributed by atoms with Crippen molar-refractivity contribution in [2.45, 2.75) is 68.9 Å². The van der Waals surface area contributed by atoms with Crippen LogP contribution in [0, 0.1) is 0 Å². The summed E-state index contributed by atoms with van der Waals surface area (Å²) in [6.07, 6.45) is 0.0782. The van der Waals surface area contributed by atoms with Gasteiger partial charge in [0.25, 0.3) is 0 Å². The summed E-state index contributed by atoms with van der Waals surface area (Å²) in [4.78, 5) is 42.2. The Hall–Kier alpha value is -3.81. The van der Waals surface area contributed by atoms with Gasteiger partial charge in [0.1, 0.15) is 35.6 Å². The Bertz CT molecular complexity index is 1550. The van der Waals surface area contributed by atoms with E-state index in [2.05, 4.69) is 0 Å². The number of benzene rings is 2. The van der Waals surface area contributed by atoms with Crippen LogP contribution in [0.1, 0.15) is 75.3 Å². The van der Waals surface area contributed by atoms with Crippen LogP contribution in [-0.4, -0.2) is 98.2 Å². The molecule has 0 spiro atoms. The van der Waals surface area contributed by atoms with Gasteiger partial charge in [-0.3, -0.25) is 14.4 Å². The summed E-state index contributed by atoms with van der Waals surface area (Å²) in [5, 5.41) is 55.0. The molecule has 2 aliphatic heterocycles. The van der Waals surface area contributed by atoms with Crippen LogP contribution in [0.15, 0.2) is 30.5 Å². The fourth-order valence-electron chi connectivity index (χ4n) is 6.81. The monoisotopic (exact) mass is 595 g/mol. The van der Waals surface area contributed by atoms with Crippen molar-refractivity contribution < 1.29 is 54.1 Å². The van der Waals surface area contributed by atoms with E-state index >= 15 is 0 Å². The SMILES string of the molecule is COc1cccc2c1C(=O)c1c(O)c3c(c(O)c1C2=O)C[C@@](O)(C(=O)CO)CC3OC1CC(N2C=CCC2)C(O)C(C)O1. The van der Waals surface area contributed by atoms with Gasteiger partial charge in [-0.25, -0.2) is 0 Å². The van der Waals surface area contributed by atoms with E-state index in [1.807, 2.05) is 17.2 Å². The summed E-state index contributed by atoms with van der Waals surface area (Å²) in [5.41, 5.74) is -3.49. The Morgan fingerprint density at radius 1 is 1.14 bits per heavy atom. The molecule has 2 heterocycles. The van der Waals surface area contributed by atoms with Gasteiger partial charge in [0.2, 0.25) is 5.78 Å². The Labute approximate surface area is 246 Å². The predicted octanol–water partition coefficient (Wildman–Crippen LogP) is 1.26. The molecule has 2 aromatic rings. The van der Waals surface area contributed by atoms with Crippen LogP contribution in [0.5, 0.6) is 17.2 Å². The summed E-state index contributed by atoms with van der Waals surface area (Å²) >= 11 is 0. The van der Waals surface area contributed by atoms with Gasteiger partial charge >= 0.3 is 0 Å². The third kappa shape index (κ3) is 4.52. The number of hydrogen-bond acceptors (Lipinski definition) is 12. The highest BCUT2D eigenvalue weighted by Gasteiger charge is 2.50. The summed E-state index contributed by atoms with van der Waals surface area (Å²) < 4.78 is 17.5. The fourth-order valence-corrected chi connectivity index (χ4v) is 6.81. The van der Waals surface area contributed by atoms with Crippen molar-refractivity contribution in [3.63, 3.8) is 0 Å². The molecular weight excluding hydrogens is 562 g/mol. The van der Waals surface area contributed by atoms with Crippen LogP contribution >= 0.6 is 0 Å². The fraction of sp³-hybridized carbons (Fsp3) is 0.452. The van der Waals surface area contributed by atoms with Gasteiger partial charge in [-0.1, -0.05) is 18.2 Å². The standard InChI is InChI=1S/C31H33NO11/c1-14-26(35)17(32-8-3-4-9-32)10-21(42-14)43-19-12-31(40,20(34)13-33)11-16-23(19)30(39)25-24(28(16)37)27(36)15-6-5-7-18(41-2)22(15)29(25)38/h3,5-8,14,17,19,21,26,33,35,37,39-40H,4,9-13H2,1-2H3/t14?,17?,19?,21?,26?,31-/m0/s1. The minimum Gasteiger partial charge on any atom is -0.507 e. The average Bonchev–Trinajstić information content (AvgIpc) is 3.53. The highest BCUT2D eigenvalue weighted by atomic mass is 16.7. The van der Waals surface area contributed by atoms with Gasteiger partial charge in [-0.2, -0.15) is 0 Å². The second-order valence-electron chi connectivity index (χ2n) is 11.5. The van der Waals surface area contributed by atoms with E-state index in [1.165, 1.54) is 25.3 Å². The molecule has 2 aliphatic carbocycles. The molecule has 0 radical (unpaired) electrons. The predicted molar refractivity (Wildman–Crippen MR) is 148 cm³/mol. The van der Waals surface area contributed by atoms with E-state index in [0.29, 0.717) is 6.54 Å². The second kappa shape index (κ2) is 10.7. The first-order valence-corrected chi connectivity index (χ1v) is 14.2. The summed E-state index contributed by atoms with van der Waals surface area (Å²) in [7, 11) is 1.34. The number of aliphatic hydroxyl groups excluding tert-OH is 2. The molecule has 228 valence electrons. The van der Waals surface area contributed by atoms with Crippen LogP contribution in [0.25, 0.3) is 0 Å². The minimum absolute atomic E-state index is 0.0399. The van der Waals surface area contributed by atoms with Gasteiger partial charge in [0.05, 0.1) is 42.0 Å². The van der Waals surface area contributed by atoms with Crippen molar-refractivity contribution in [2.24, 2.45) is 0 Å². The molecule has 1 saturated heterocycles. The molecule has 0 aromatic heterocycles. The first kappa shape index (κ1) is 29.3. The van der Waals surface area contributed by atoms with Crippen LogP contribution in [0.3, 0.4) is 0 Å². The zero-order valence-corrected chi connectivity index (χ0v) is 23.6. The molecule has 2 aromatic carbocycles. The number of phenols is 2. The van der Waals surface area contributed by atoms with Crippen LogP contribution in [-0.2, 0) is 20.7 Å². The van der Waals surface area contributed by atoms with Crippen LogP contribution in [0.2, 0.25) is 0 Å². The Morgan fingerprint density at radius 2 is 1.88 bits per heavy atom. The third-order valence-electron chi connectivity index (χ3n) is 9.01. The van der Waals surface area contributed by atoms with E-state index in [9.17, 15) is 39.9 Å². The second-order valence-corrected chi connectivity index (χ2v) is 11.5. The lowest BCUT2D eigenvalue weighted by Gasteiger charge is -2.44. The summed E-state index contributed by atoms with van der Waals surface area (Å²) in [6, 6.07) is 4.04. The van der Waals surface area contributed by atoms with E-state index in [1.54, 1.807) is 6.92 Å². The first-order chi connectivity index (χ1) is 20.5. The van der Waals surface area contributed by atoms with Crippen LogP contribution < -0.4 is 4.74 Å². The Balaban J connectivity index is 1.47. The lowest BCUT2D eigenvalue weighted by molar-refractivity contribution is -0.256. The lowest BCUT2D eigenvalue weighted by atomic mass is 9.72. The maximum atomic E-state index is 13.8. The van der Waals surface area contributed by atoms with E-state index in [0.717, 1.165) is 6.42 Å². The van der Waals surface area contributed by atoms with Gasteiger partial charge in [-0.15, -0.1) is 0 Å². The number of phenolic OH excluding ortho intramolecular Hbond substituents is 2. The minimum atomic E-state index is -2.23. The highest BCUT2D eigenvalue weighted by Crippen LogP contribution is 2.52. The van der Waals surface area contributed by atoms with Gasteiger partial charge in [0, 0.05) is 42.5 Å². The van der Waals surface area contributed by atoms with Crippen molar-refractivity contribution in [3.05, 3.63) is 63.9 Å². The molecule has 12 nitrogen and oxygen atoms in total. The average molecular weight is 596 g/mol. The zero-order valence-electron chi connectivity index (χ0n) is 23.6. The van der Waals surface area contributed by atoms with Gasteiger partial charge in [-0.05, 0) is 25.6 Å². The lowest BCUT2D eigenvalue weighted by Crippen LogP contribution is -2.54. The van der Waals surface area contributed by atoms with Crippen molar-refractivity contribution in [3.8, 4) is 17.2 Å². The van der Waals surface area contributed by atoms with E-state index in [4.69, 9.17) is 14.2 Å². The van der Waals surface area contributed by atoms with Gasteiger partial charge < -0.3 is 44.6 Å². The Kier molecular flexibility index (Phi) is 7.30. The number of hydrogen-bond donors (Lipinski definition) is 5. The molecule has 43 heavy (non-hydrogen) atoms. The van der Waals surface area contributed by atoms with Crippen molar-refractivity contribution >= 4 is 17.3 Å². The Morgan fingerprint density at radius 3 is 2.56 bits per heavy atom. The summed E-state index contributed by atoms with van der Waals surface area (Å²) in [5.74, 6) is -3.66.